The highest BCUT2D eigenvalue weighted by atomic mass is 32.2. The van der Waals surface area contributed by atoms with Crippen molar-refractivity contribution in [2.24, 2.45) is 5.92 Å². The number of thioether (sulfide) groups is 1. The summed E-state index contributed by atoms with van der Waals surface area (Å²) < 4.78 is 39.4. The van der Waals surface area contributed by atoms with Gasteiger partial charge in [0.05, 0.1) is 10.1 Å². The second-order valence-corrected chi connectivity index (χ2v) is 8.13. The van der Waals surface area contributed by atoms with Gasteiger partial charge < -0.3 is 5.32 Å². The van der Waals surface area contributed by atoms with Crippen molar-refractivity contribution in [3.8, 4) is 0 Å². The van der Waals surface area contributed by atoms with Crippen molar-refractivity contribution >= 4 is 23.1 Å². The summed E-state index contributed by atoms with van der Waals surface area (Å²) in [7, 11) is 0. The van der Waals surface area contributed by atoms with Gasteiger partial charge in [0.1, 0.15) is 5.01 Å². The second-order valence-electron chi connectivity index (χ2n) is 5.70. The molecule has 1 saturated heterocycles. The molecule has 1 aliphatic heterocycles. The maximum Gasteiger partial charge on any atom is 0.434 e. The quantitative estimate of drug-likeness (QED) is 0.829. The van der Waals surface area contributed by atoms with E-state index in [0.29, 0.717) is 22.3 Å². The van der Waals surface area contributed by atoms with Gasteiger partial charge in [-0.25, -0.2) is 4.98 Å². The maximum atomic E-state index is 13.1. The van der Waals surface area contributed by atoms with Crippen molar-refractivity contribution in [2.45, 2.75) is 51.1 Å². The molecular weight excluding hydrogens is 317 g/mol. The summed E-state index contributed by atoms with van der Waals surface area (Å²) in [5, 5.41) is 3.88. The van der Waals surface area contributed by atoms with Gasteiger partial charge in [-0.3, -0.25) is 0 Å². The van der Waals surface area contributed by atoms with Crippen LogP contribution < -0.4 is 5.32 Å². The van der Waals surface area contributed by atoms with Crippen molar-refractivity contribution in [3.05, 3.63) is 15.6 Å². The molecule has 2 rings (SSSR count). The summed E-state index contributed by atoms with van der Waals surface area (Å²) in [4.78, 5) is 4.26. The Kier molecular flexibility index (Phi) is 5.96. The van der Waals surface area contributed by atoms with Gasteiger partial charge in [0.15, 0.2) is 5.69 Å². The normalized spacial score (nSPS) is 20.2. The Morgan fingerprint density at radius 3 is 2.67 bits per heavy atom. The molecule has 7 heteroatoms. The van der Waals surface area contributed by atoms with E-state index in [4.69, 9.17) is 0 Å². The van der Waals surface area contributed by atoms with Gasteiger partial charge in [0.25, 0.3) is 0 Å². The number of nitrogens with zero attached hydrogens (tertiary/aromatic N) is 1. The Labute approximate surface area is 131 Å². The summed E-state index contributed by atoms with van der Waals surface area (Å²) in [5.74, 6) is 1.44. The SMILES string of the molecule is CC(C)CNCc1sc(C2CCCCS2)nc1C(F)(F)F. The number of halogens is 3. The topological polar surface area (TPSA) is 24.9 Å². The molecule has 1 N–H and O–H groups in total. The fraction of sp³-hybridized carbons (Fsp3) is 0.786. The van der Waals surface area contributed by atoms with Crippen molar-refractivity contribution in [3.63, 3.8) is 0 Å². The number of hydrogen-bond donors (Lipinski definition) is 1. The van der Waals surface area contributed by atoms with Gasteiger partial charge >= 0.3 is 6.18 Å². The summed E-state index contributed by atoms with van der Waals surface area (Å²) in [6, 6.07) is 0. The Hall–Kier alpha value is -0.270. The van der Waals surface area contributed by atoms with Gasteiger partial charge in [-0.2, -0.15) is 24.9 Å². The number of thiazole rings is 1. The van der Waals surface area contributed by atoms with E-state index in [-0.39, 0.29) is 11.8 Å². The zero-order chi connectivity index (χ0) is 15.5. The van der Waals surface area contributed by atoms with Crippen molar-refractivity contribution in [1.29, 1.82) is 0 Å². The molecule has 1 fully saturated rings. The summed E-state index contributed by atoms with van der Waals surface area (Å²) in [6.07, 6.45) is -1.18. The molecular formula is C14H21F3N2S2. The van der Waals surface area contributed by atoms with Crippen LogP contribution in [0.3, 0.4) is 0 Å². The predicted molar refractivity (Wildman–Crippen MR) is 82.7 cm³/mol. The van der Waals surface area contributed by atoms with Crippen LogP contribution in [0.1, 0.15) is 53.9 Å². The third-order valence-electron chi connectivity index (χ3n) is 3.28. The van der Waals surface area contributed by atoms with Crippen LogP contribution in [0.5, 0.6) is 0 Å². The molecule has 1 aromatic rings. The van der Waals surface area contributed by atoms with E-state index in [2.05, 4.69) is 10.3 Å². The third-order valence-corrected chi connectivity index (χ3v) is 5.98. The summed E-state index contributed by atoms with van der Waals surface area (Å²) in [5.41, 5.74) is -0.690. The molecule has 0 amide bonds. The fourth-order valence-electron chi connectivity index (χ4n) is 2.26. The van der Waals surface area contributed by atoms with Crippen molar-refractivity contribution in [1.82, 2.24) is 10.3 Å². The summed E-state index contributed by atoms with van der Waals surface area (Å²) >= 11 is 2.97. The molecule has 0 radical (unpaired) electrons. The first kappa shape index (κ1) is 17.1. The first-order chi connectivity index (χ1) is 9.88. The predicted octanol–water partition coefficient (Wildman–Crippen LogP) is 4.87. The molecule has 0 bridgehead atoms. The second kappa shape index (κ2) is 7.33. The standard InChI is InChI=1S/C14H21F3N2S2/c1-9(2)7-18-8-11-12(14(15,16)17)19-13(21-11)10-5-3-4-6-20-10/h9-10,18H,3-8H2,1-2H3. The molecule has 1 unspecified atom stereocenters. The fourth-order valence-corrected chi connectivity index (χ4v) is 4.86. The van der Waals surface area contributed by atoms with E-state index in [0.717, 1.165) is 25.0 Å². The number of nitrogens with one attached hydrogen (secondary N) is 1. The van der Waals surface area contributed by atoms with Crippen LogP contribution in [0.25, 0.3) is 0 Å². The van der Waals surface area contributed by atoms with Gasteiger partial charge in [-0.15, -0.1) is 11.3 Å². The lowest BCUT2D eigenvalue weighted by atomic mass is 10.2. The monoisotopic (exact) mass is 338 g/mol. The molecule has 1 aromatic heterocycles. The highest BCUT2D eigenvalue weighted by molar-refractivity contribution is 7.99. The molecule has 2 nitrogen and oxygen atoms in total. The van der Waals surface area contributed by atoms with Crippen LogP contribution in [0.15, 0.2) is 0 Å². The van der Waals surface area contributed by atoms with Crippen LogP contribution in [0, 0.1) is 5.92 Å². The largest absolute Gasteiger partial charge is 0.434 e. The third kappa shape index (κ3) is 4.86. The number of rotatable bonds is 5. The minimum Gasteiger partial charge on any atom is -0.312 e. The van der Waals surface area contributed by atoms with Crippen LogP contribution in [-0.4, -0.2) is 17.3 Å². The van der Waals surface area contributed by atoms with Crippen molar-refractivity contribution < 1.29 is 13.2 Å². The Morgan fingerprint density at radius 1 is 1.33 bits per heavy atom. The van der Waals surface area contributed by atoms with Crippen molar-refractivity contribution in [2.75, 3.05) is 12.3 Å². The zero-order valence-electron chi connectivity index (χ0n) is 12.3. The minimum absolute atomic E-state index is 0.142. The molecule has 0 aromatic carbocycles. The minimum atomic E-state index is -4.36. The molecule has 1 aliphatic rings. The van der Waals surface area contributed by atoms with Gasteiger partial charge in [-0.05, 0) is 31.1 Å². The first-order valence-electron chi connectivity index (χ1n) is 7.27. The molecule has 0 spiro atoms. The Balaban J connectivity index is 2.14. The molecule has 2 heterocycles. The lowest BCUT2D eigenvalue weighted by Crippen LogP contribution is -2.20. The van der Waals surface area contributed by atoms with Crippen LogP contribution in [0.2, 0.25) is 0 Å². The first-order valence-corrected chi connectivity index (χ1v) is 9.13. The number of aromatic nitrogens is 1. The van der Waals surface area contributed by atoms with E-state index in [1.54, 1.807) is 11.8 Å². The lowest BCUT2D eigenvalue weighted by molar-refractivity contribution is -0.141. The van der Waals surface area contributed by atoms with E-state index >= 15 is 0 Å². The smallest absolute Gasteiger partial charge is 0.312 e. The van der Waals surface area contributed by atoms with Gasteiger partial charge in [0, 0.05) is 6.54 Å². The number of hydrogen-bond acceptors (Lipinski definition) is 4. The zero-order valence-corrected chi connectivity index (χ0v) is 13.9. The molecule has 21 heavy (non-hydrogen) atoms. The van der Waals surface area contributed by atoms with Crippen LogP contribution in [-0.2, 0) is 12.7 Å². The maximum absolute atomic E-state index is 13.1. The Bertz CT molecular complexity index is 452. The highest BCUT2D eigenvalue weighted by Crippen LogP contribution is 2.43. The lowest BCUT2D eigenvalue weighted by Gasteiger charge is -2.18. The van der Waals surface area contributed by atoms with E-state index in [1.807, 2.05) is 13.8 Å². The average molecular weight is 338 g/mol. The van der Waals surface area contributed by atoms with E-state index in [1.165, 1.54) is 11.3 Å². The van der Waals surface area contributed by atoms with Gasteiger partial charge in [-0.1, -0.05) is 20.3 Å². The highest BCUT2D eigenvalue weighted by Gasteiger charge is 2.38. The molecule has 120 valence electrons. The molecule has 1 atom stereocenters. The van der Waals surface area contributed by atoms with E-state index in [9.17, 15) is 13.2 Å². The van der Waals surface area contributed by atoms with Gasteiger partial charge in [0.2, 0.25) is 0 Å². The summed E-state index contributed by atoms with van der Waals surface area (Å²) in [6.45, 7) is 5.04. The van der Waals surface area contributed by atoms with E-state index < -0.39 is 11.9 Å². The molecule has 0 aliphatic carbocycles. The Morgan fingerprint density at radius 2 is 2.10 bits per heavy atom. The van der Waals surface area contributed by atoms with Crippen LogP contribution in [0.4, 0.5) is 13.2 Å². The number of alkyl halides is 3. The average Bonchev–Trinajstić information content (AvgIpc) is 2.83. The van der Waals surface area contributed by atoms with Crippen LogP contribution >= 0.6 is 23.1 Å². The molecule has 0 saturated carbocycles.